The molecule has 1 aromatic heterocycles. The number of nitrogens with zero attached hydrogens (tertiary/aromatic N) is 2. The molecule has 2 nitrogen and oxygen atoms in total. The molecule has 0 radical (unpaired) electrons. The first-order valence-electron chi connectivity index (χ1n) is 4.73. The molecule has 0 aliphatic heterocycles. The van der Waals surface area contributed by atoms with Crippen LogP contribution in [0.25, 0.3) is 11.3 Å². The predicted molar refractivity (Wildman–Crippen MR) is 62.0 cm³/mol. The van der Waals surface area contributed by atoms with Crippen molar-refractivity contribution >= 4 is 11.6 Å². The molecule has 0 saturated carbocycles. The fourth-order valence-corrected chi connectivity index (χ4v) is 1.72. The summed E-state index contributed by atoms with van der Waals surface area (Å²) < 4.78 is 0. The van der Waals surface area contributed by atoms with Gasteiger partial charge < -0.3 is 0 Å². The van der Waals surface area contributed by atoms with Crippen LogP contribution in [0.1, 0.15) is 11.1 Å². The minimum Gasteiger partial charge on any atom is -0.251 e. The van der Waals surface area contributed by atoms with Gasteiger partial charge in [0.2, 0.25) is 0 Å². The number of aryl methyl sites for hydroxylation is 1. The van der Waals surface area contributed by atoms with Crippen LogP contribution in [0, 0.1) is 13.8 Å². The Labute approximate surface area is 94.0 Å². The Morgan fingerprint density at radius 2 is 1.80 bits per heavy atom. The van der Waals surface area contributed by atoms with Gasteiger partial charge in [0.15, 0.2) is 5.15 Å². The van der Waals surface area contributed by atoms with E-state index in [0.29, 0.717) is 5.15 Å². The zero-order valence-electron chi connectivity index (χ0n) is 8.66. The number of hydrogen-bond acceptors (Lipinski definition) is 2. The summed E-state index contributed by atoms with van der Waals surface area (Å²) in [6.07, 6.45) is 3.25. The Kier molecular flexibility index (Phi) is 2.69. The van der Waals surface area contributed by atoms with Gasteiger partial charge in [-0.05, 0) is 25.0 Å². The summed E-state index contributed by atoms with van der Waals surface area (Å²) in [4.78, 5) is 8.29. The number of aromatic nitrogens is 2. The van der Waals surface area contributed by atoms with Crippen molar-refractivity contribution in [1.82, 2.24) is 9.97 Å². The third-order valence-electron chi connectivity index (χ3n) is 2.51. The second-order valence-corrected chi connectivity index (χ2v) is 3.80. The van der Waals surface area contributed by atoms with E-state index in [9.17, 15) is 0 Å². The highest BCUT2D eigenvalue weighted by Crippen LogP contribution is 2.27. The summed E-state index contributed by atoms with van der Waals surface area (Å²) in [5, 5.41) is 0.450. The Hall–Kier alpha value is -1.41. The molecule has 0 saturated heterocycles. The molecule has 0 spiro atoms. The van der Waals surface area contributed by atoms with Crippen molar-refractivity contribution in [3.63, 3.8) is 0 Å². The summed E-state index contributed by atoms with van der Waals surface area (Å²) in [7, 11) is 0. The maximum Gasteiger partial charge on any atom is 0.155 e. The molecule has 0 bridgehead atoms. The molecular formula is C12H11ClN2. The first-order valence-corrected chi connectivity index (χ1v) is 5.11. The maximum absolute atomic E-state index is 6.01. The average Bonchev–Trinajstić information content (AvgIpc) is 2.23. The molecule has 3 heteroatoms. The summed E-state index contributed by atoms with van der Waals surface area (Å²) >= 11 is 6.01. The fraction of sp³-hybridized carbons (Fsp3) is 0.167. The Morgan fingerprint density at radius 1 is 1.07 bits per heavy atom. The molecule has 0 aliphatic rings. The normalized spacial score (nSPS) is 10.3. The molecule has 2 rings (SSSR count). The van der Waals surface area contributed by atoms with Crippen LogP contribution < -0.4 is 0 Å². The van der Waals surface area contributed by atoms with Gasteiger partial charge in [-0.2, -0.15) is 0 Å². The van der Waals surface area contributed by atoms with Gasteiger partial charge in [0.25, 0.3) is 0 Å². The molecule has 0 aliphatic carbocycles. The monoisotopic (exact) mass is 218 g/mol. The Balaban J connectivity index is 2.65. The van der Waals surface area contributed by atoms with Crippen LogP contribution in [-0.4, -0.2) is 9.97 Å². The number of benzene rings is 1. The third-order valence-corrected chi connectivity index (χ3v) is 2.79. The van der Waals surface area contributed by atoms with Crippen molar-refractivity contribution in [3.05, 3.63) is 46.9 Å². The van der Waals surface area contributed by atoms with Crippen molar-refractivity contribution in [2.75, 3.05) is 0 Å². The van der Waals surface area contributed by atoms with Crippen molar-refractivity contribution in [3.8, 4) is 11.3 Å². The first-order chi connectivity index (χ1) is 7.20. The lowest BCUT2D eigenvalue weighted by molar-refractivity contribution is 1.19. The standard InChI is InChI=1S/C12H11ClN2/c1-8-4-3-5-10(9(8)2)11-12(13)15-7-6-14-11/h3-7H,1-2H3. The lowest BCUT2D eigenvalue weighted by Crippen LogP contribution is -1.91. The second kappa shape index (κ2) is 3.99. The van der Waals surface area contributed by atoms with Crippen LogP contribution in [-0.2, 0) is 0 Å². The molecule has 1 aromatic carbocycles. The van der Waals surface area contributed by atoms with Gasteiger partial charge in [0, 0.05) is 18.0 Å². The second-order valence-electron chi connectivity index (χ2n) is 3.44. The zero-order chi connectivity index (χ0) is 10.8. The SMILES string of the molecule is Cc1cccc(-c2nccnc2Cl)c1C. The van der Waals surface area contributed by atoms with Crippen LogP contribution in [0.2, 0.25) is 5.15 Å². The fourth-order valence-electron chi connectivity index (χ4n) is 1.51. The van der Waals surface area contributed by atoms with Gasteiger partial charge >= 0.3 is 0 Å². The van der Waals surface area contributed by atoms with E-state index in [1.165, 1.54) is 11.1 Å². The van der Waals surface area contributed by atoms with E-state index < -0.39 is 0 Å². The lowest BCUT2D eigenvalue weighted by atomic mass is 10.0. The van der Waals surface area contributed by atoms with Crippen LogP contribution >= 0.6 is 11.6 Å². The third kappa shape index (κ3) is 1.85. The zero-order valence-corrected chi connectivity index (χ0v) is 9.42. The minimum absolute atomic E-state index is 0.450. The van der Waals surface area contributed by atoms with Crippen molar-refractivity contribution in [2.24, 2.45) is 0 Å². The quantitative estimate of drug-likeness (QED) is 0.733. The topological polar surface area (TPSA) is 25.8 Å². The molecule has 0 N–H and O–H groups in total. The molecule has 2 aromatic rings. The van der Waals surface area contributed by atoms with Crippen molar-refractivity contribution in [1.29, 1.82) is 0 Å². The van der Waals surface area contributed by atoms with Gasteiger partial charge in [-0.25, -0.2) is 4.98 Å². The van der Waals surface area contributed by atoms with Gasteiger partial charge in [-0.3, -0.25) is 4.98 Å². The van der Waals surface area contributed by atoms with E-state index in [2.05, 4.69) is 29.9 Å². The summed E-state index contributed by atoms with van der Waals surface area (Å²) in [5.74, 6) is 0. The van der Waals surface area contributed by atoms with E-state index >= 15 is 0 Å². The number of hydrogen-bond donors (Lipinski definition) is 0. The summed E-state index contributed by atoms with van der Waals surface area (Å²) in [5.41, 5.74) is 4.22. The van der Waals surface area contributed by atoms with Crippen LogP contribution in [0.3, 0.4) is 0 Å². The molecule has 0 unspecified atom stereocenters. The summed E-state index contributed by atoms with van der Waals surface area (Å²) in [6, 6.07) is 6.09. The molecule has 0 amide bonds. The van der Waals surface area contributed by atoms with Crippen LogP contribution in [0.5, 0.6) is 0 Å². The smallest absolute Gasteiger partial charge is 0.155 e. The molecular weight excluding hydrogens is 208 g/mol. The van der Waals surface area contributed by atoms with Gasteiger partial charge in [0.05, 0.1) is 0 Å². The Morgan fingerprint density at radius 3 is 2.53 bits per heavy atom. The molecule has 0 fully saturated rings. The van der Waals surface area contributed by atoms with Crippen molar-refractivity contribution < 1.29 is 0 Å². The highest BCUT2D eigenvalue weighted by Gasteiger charge is 2.08. The molecule has 15 heavy (non-hydrogen) atoms. The Bertz CT molecular complexity index is 495. The highest BCUT2D eigenvalue weighted by molar-refractivity contribution is 6.31. The van der Waals surface area contributed by atoms with Crippen LogP contribution in [0.4, 0.5) is 0 Å². The lowest BCUT2D eigenvalue weighted by Gasteiger charge is -2.08. The first kappa shape index (κ1) is 10.1. The number of halogens is 1. The predicted octanol–water partition coefficient (Wildman–Crippen LogP) is 3.41. The number of rotatable bonds is 1. The maximum atomic E-state index is 6.01. The molecule has 1 heterocycles. The van der Waals surface area contributed by atoms with Gasteiger partial charge in [-0.1, -0.05) is 29.8 Å². The van der Waals surface area contributed by atoms with Crippen LogP contribution in [0.15, 0.2) is 30.6 Å². The minimum atomic E-state index is 0.450. The average molecular weight is 219 g/mol. The van der Waals surface area contributed by atoms with Gasteiger partial charge in [-0.15, -0.1) is 0 Å². The van der Waals surface area contributed by atoms with E-state index in [0.717, 1.165) is 11.3 Å². The van der Waals surface area contributed by atoms with E-state index in [1.54, 1.807) is 12.4 Å². The summed E-state index contributed by atoms with van der Waals surface area (Å²) in [6.45, 7) is 4.14. The van der Waals surface area contributed by atoms with Crippen molar-refractivity contribution in [2.45, 2.75) is 13.8 Å². The van der Waals surface area contributed by atoms with Gasteiger partial charge in [0.1, 0.15) is 5.69 Å². The van der Waals surface area contributed by atoms with E-state index in [1.807, 2.05) is 12.1 Å². The largest absolute Gasteiger partial charge is 0.251 e. The van der Waals surface area contributed by atoms with E-state index in [-0.39, 0.29) is 0 Å². The van der Waals surface area contributed by atoms with E-state index in [4.69, 9.17) is 11.6 Å². The molecule has 0 atom stereocenters. The molecule has 76 valence electrons. The highest BCUT2D eigenvalue weighted by atomic mass is 35.5.